The zero-order valence-electron chi connectivity index (χ0n) is 8.93. The van der Waals surface area contributed by atoms with Crippen LogP contribution in [0.25, 0.3) is 0 Å². The normalized spacial score (nSPS) is 15.9. The Kier molecular flexibility index (Phi) is 3.46. The monoisotopic (exact) mass is 242 g/mol. The number of aliphatic hydroxyl groups is 1. The second-order valence-corrected chi connectivity index (χ2v) is 4.26. The number of anilines is 2. The Morgan fingerprint density at radius 3 is 2.81 bits per heavy atom. The molecule has 1 aliphatic rings. The van der Waals surface area contributed by atoms with E-state index in [1.165, 1.54) is 12.7 Å². The molecule has 2 rings (SSSR count). The van der Waals surface area contributed by atoms with Gasteiger partial charge in [0.1, 0.15) is 12.0 Å². The lowest BCUT2D eigenvalue weighted by Crippen LogP contribution is -2.42. The number of nitrogens with two attached hydrogens (primary N) is 1. The Morgan fingerprint density at radius 1 is 1.50 bits per heavy atom. The highest BCUT2D eigenvalue weighted by molar-refractivity contribution is 6.32. The fraction of sp³-hybridized carbons (Fsp3) is 0.600. The van der Waals surface area contributed by atoms with Gasteiger partial charge in [0.05, 0.1) is 6.61 Å². The summed E-state index contributed by atoms with van der Waals surface area (Å²) in [6.07, 6.45) is 4.84. The van der Waals surface area contributed by atoms with E-state index in [-0.39, 0.29) is 11.8 Å². The van der Waals surface area contributed by atoms with Gasteiger partial charge in [0.25, 0.3) is 0 Å². The van der Waals surface area contributed by atoms with Crippen molar-refractivity contribution in [1.29, 1.82) is 0 Å². The Balaban J connectivity index is 2.26. The number of hydrogen-bond donors (Lipinski definition) is 2. The lowest BCUT2D eigenvalue weighted by molar-refractivity contribution is 0.283. The highest BCUT2D eigenvalue weighted by atomic mass is 35.5. The highest BCUT2D eigenvalue weighted by Crippen LogP contribution is 2.33. The van der Waals surface area contributed by atoms with E-state index in [0.717, 1.165) is 12.8 Å². The van der Waals surface area contributed by atoms with Gasteiger partial charge in [-0.2, -0.15) is 0 Å². The van der Waals surface area contributed by atoms with Crippen molar-refractivity contribution in [3.05, 3.63) is 11.5 Å². The third-order valence-corrected chi connectivity index (χ3v) is 3.24. The second kappa shape index (κ2) is 4.84. The van der Waals surface area contributed by atoms with Crippen LogP contribution < -0.4 is 10.6 Å². The molecule has 0 saturated heterocycles. The zero-order valence-corrected chi connectivity index (χ0v) is 9.69. The maximum absolute atomic E-state index is 9.07. The summed E-state index contributed by atoms with van der Waals surface area (Å²) in [4.78, 5) is 10.0. The first-order chi connectivity index (χ1) is 7.74. The summed E-state index contributed by atoms with van der Waals surface area (Å²) in [6.45, 7) is 0.611. The minimum absolute atomic E-state index is 0.0809. The van der Waals surface area contributed by atoms with Crippen molar-refractivity contribution in [2.75, 3.05) is 23.8 Å². The molecule has 0 atom stereocenters. The molecule has 0 radical (unpaired) electrons. The van der Waals surface area contributed by atoms with E-state index < -0.39 is 0 Å². The van der Waals surface area contributed by atoms with Crippen molar-refractivity contribution in [3.8, 4) is 0 Å². The molecule has 16 heavy (non-hydrogen) atoms. The smallest absolute Gasteiger partial charge is 0.157 e. The molecule has 3 N–H and O–H groups in total. The SMILES string of the molecule is Nc1c(Cl)ncnc1N(CCO)C1CCC1. The molecule has 0 unspecified atom stereocenters. The molecule has 1 aromatic rings. The van der Waals surface area contributed by atoms with Gasteiger partial charge in [-0.3, -0.25) is 0 Å². The number of halogens is 1. The topological polar surface area (TPSA) is 75.3 Å². The molecule has 1 aromatic heterocycles. The number of hydrogen-bond acceptors (Lipinski definition) is 5. The zero-order chi connectivity index (χ0) is 11.5. The van der Waals surface area contributed by atoms with Gasteiger partial charge in [0, 0.05) is 12.6 Å². The quantitative estimate of drug-likeness (QED) is 0.773. The van der Waals surface area contributed by atoms with Crippen LogP contribution in [0.4, 0.5) is 11.5 Å². The largest absolute Gasteiger partial charge is 0.395 e. The molecule has 88 valence electrons. The summed E-state index contributed by atoms with van der Waals surface area (Å²) in [7, 11) is 0. The van der Waals surface area contributed by atoms with Crippen LogP contribution in [-0.2, 0) is 0 Å². The predicted octanol–water partition coefficient (Wildman–Crippen LogP) is 1.06. The Hall–Kier alpha value is -1.07. The van der Waals surface area contributed by atoms with Crippen LogP contribution in [-0.4, -0.2) is 34.3 Å². The first kappa shape index (κ1) is 11.4. The average Bonchev–Trinajstić information content (AvgIpc) is 2.19. The molecule has 5 nitrogen and oxygen atoms in total. The van der Waals surface area contributed by atoms with Crippen LogP contribution in [0.1, 0.15) is 19.3 Å². The van der Waals surface area contributed by atoms with Crippen LogP contribution in [0.5, 0.6) is 0 Å². The molecule has 1 heterocycles. The number of rotatable bonds is 4. The first-order valence-electron chi connectivity index (χ1n) is 5.37. The van der Waals surface area contributed by atoms with Crippen molar-refractivity contribution in [1.82, 2.24) is 9.97 Å². The number of aliphatic hydroxyl groups excluding tert-OH is 1. The number of aromatic nitrogens is 2. The standard InChI is InChI=1S/C10H15ClN4O/c11-9-8(12)10(14-6-13-9)15(4-5-16)7-2-1-3-7/h6-7,16H,1-5,12H2. The fourth-order valence-electron chi connectivity index (χ4n) is 1.86. The first-order valence-corrected chi connectivity index (χ1v) is 5.75. The lowest BCUT2D eigenvalue weighted by Gasteiger charge is -2.38. The van der Waals surface area contributed by atoms with E-state index in [4.69, 9.17) is 22.4 Å². The summed E-state index contributed by atoms with van der Waals surface area (Å²) in [5, 5.41) is 9.34. The minimum Gasteiger partial charge on any atom is -0.395 e. The number of nitrogens with zero attached hydrogens (tertiary/aromatic N) is 3. The van der Waals surface area contributed by atoms with Crippen LogP contribution in [0.3, 0.4) is 0 Å². The molecule has 0 spiro atoms. The molecular weight excluding hydrogens is 228 g/mol. The van der Waals surface area contributed by atoms with Gasteiger partial charge >= 0.3 is 0 Å². The second-order valence-electron chi connectivity index (χ2n) is 3.90. The fourth-order valence-corrected chi connectivity index (χ4v) is 1.99. The van der Waals surface area contributed by atoms with Crippen molar-refractivity contribution in [2.24, 2.45) is 0 Å². The van der Waals surface area contributed by atoms with E-state index >= 15 is 0 Å². The number of nitrogen functional groups attached to an aromatic ring is 1. The maximum Gasteiger partial charge on any atom is 0.157 e. The molecule has 1 fully saturated rings. The Morgan fingerprint density at radius 2 is 2.25 bits per heavy atom. The van der Waals surface area contributed by atoms with Gasteiger partial charge in [-0.05, 0) is 19.3 Å². The third-order valence-electron chi connectivity index (χ3n) is 2.94. The molecule has 1 saturated carbocycles. The van der Waals surface area contributed by atoms with Crippen LogP contribution >= 0.6 is 11.6 Å². The van der Waals surface area contributed by atoms with Crippen LogP contribution in [0, 0.1) is 0 Å². The molecule has 0 aliphatic heterocycles. The predicted molar refractivity (Wildman–Crippen MR) is 63.5 cm³/mol. The molecule has 6 heteroatoms. The van der Waals surface area contributed by atoms with E-state index in [0.29, 0.717) is 24.1 Å². The van der Waals surface area contributed by atoms with Gasteiger partial charge in [-0.25, -0.2) is 9.97 Å². The van der Waals surface area contributed by atoms with Crippen molar-refractivity contribution in [2.45, 2.75) is 25.3 Å². The highest BCUT2D eigenvalue weighted by Gasteiger charge is 2.27. The maximum atomic E-state index is 9.07. The Labute approximate surface area is 99.3 Å². The summed E-state index contributed by atoms with van der Waals surface area (Å²) in [5.41, 5.74) is 6.24. The van der Waals surface area contributed by atoms with E-state index in [1.54, 1.807) is 0 Å². The molecule has 1 aliphatic carbocycles. The van der Waals surface area contributed by atoms with Gasteiger partial charge in [0.15, 0.2) is 11.0 Å². The van der Waals surface area contributed by atoms with Crippen molar-refractivity contribution >= 4 is 23.1 Å². The third kappa shape index (κ3) is 2.05. The Bertz CT molecular complexity index is 370. The molecule has 0 aromatic carbocycles. The van der Waals surface area contributed by atoms with Gasteiger partial charge < -0.3 is 15.7 Å². The van der Waals surface area contributed by atoms with Crippen molar-refractivity contribution < 1.29 is 5.11 Å². The van der Waals surface area contributed by atoms with Crippen LogP contribution in [0.2, 0.25) is 5.15 Å². The average molecular weight is 243 g/mol. The van der Waals surface area contributed by atoms with E-state index in [2.05, 4.69) is 9.97 Å². The summed E-state index contributed by atoms with van der Waals surface area (Å²) < 4.78 is 0. The molecule has 0 amide bonds. The van der Waals surface area contributed by atoms with Crippen LogP contribution in [0.15, 0.2) is 6.33 Å². The van der Waals surface area contributed by atoms with E-state index in [1.807, 2.05) is 4.90 Å². The lowest BCUT2D eigenvalue weighted by atomic mass is 9.91. The minimum atomic E-state index is 0.0809. The van der Waals surface area contributed by atoms with E-state index in [9.17, 15) is 0 Å². The van der Waals surface area contributed by atoms with Gasteiger partial charge in [-0.15, -0.1) is 0 Å². The summed E-state index contributed by atoms with van der Waals surface area (Å²) >= 11 is 5.86. The van der Waals surface area contributed by atoms with Crippen molar-refractivity contribution in [3.63, 3.8) is 0 Å². The molecule has 0 bridgehead atoms. The van der Waals surface area contributed by atoms with Gasteiger partial charge in [-0.1, -0.05) is 11.6 Å². The molecular formula is C10H15ClN4O. The summed E-state index contributed by atoms with van der Waals surface area (Å²) in [5.74, 6) is 0.638. The van der Waals surface area contributed by atoms with Gasteiger partial charge in [0.2, 0.25) is 0 Å². The summed E-state index contributed by atoms with van der Waals surface area (Å²) in [6, 6.07) is 0.417.